The summed E-state index contributed by atoms with van der Waals surface area (Å²) in [5, 5.41) is 10.2. The molecule has 4 nitrogen and oxygen atoms in total. The Hall–Kier alpha value is -1.06. The fourth-order valence-electron chi connectivity index (χ4n) is 1.10. The standard InChI is InChI=1S/C10H18O4/c1-4-14-9(13)10(2,3)7-5-6-8(11)12/h4-7H2,1-3H3,(H,11,12)/p-1. The average Bonchev–Trinajstić information content (AvgIpc) is 2.03. The van der Waals surface area contributed by atoms with Crippen LogP contribution in [0.1, 0.15) is 40.0 Å². The van der Waals surface area contributed by atoms with Crippen LogP contribution in [0.2, 0.25) is 0 Å². The number of hydrogen-bond acceptors (Lipinski definition) is 4. The highest BCUT2D eigenvalue weighted by Gasteiger charge is 2.28. The molecule has 0 aromatic rings. The SMILES string of the molecule is CCOC(=O)C(C)(C)CCCC(=O)[O-]. The molecule has 0 aromatic carbocycles. The summed E-state index contributed by atoms with van der Waals surface area (Å²) >= 11 is 0. The minimum Gasteiger partial charge on any atom is -0.550 e. The fourth-order valence-corrected chi connectivity index (χ4v) is 1.10. The largest absolute Gasteiger partial charge is 0.550 e. The highest BCUT2D eigenvalue weighted by molar-refractivity contribution is 5.75. The third kappa shape index (κ3) is 4.84. The summed E-state index contributed by atoms with van der Waals surface area (Å²) in [7, 11) is 0. The highest BCUT2D eigenvalue weighted by Crippen LogP contribution is 2.24. The first-order valence-corrected chi connectivity index (χ1v) is 4.77. The molecule has 0 atom stereocenters. The monoisotopic (exact) mass is 201 g/mol. The molecule has 4 heteroatoms. The number of carbonyl (C=O) groups is 2. The van der Waals surface area contributed by atoms with Gasteiger partial charge < -0.3 is 14.6 Å². The molecular weight excluding hydrogens is 184 g/mol. The zero-order valence-electron chi connectivity index (χ0n) is 8.96. The Morgan fingerprint density at radius 2 is 1.93 bits per heavy atom. The van der Waals surface area contributed by atoms with E-state index in [1.807, 2.05) is 0 Å². The first kappa shape index (κ1) is 12.9. The van der Waals surface area contributed by atoms with E-state index in [0.717, 1.165) is 0 Å². The molecule has 0 saturated heterocycles. The van der Waals surface area contributed by atoms with Gasteiger partial charge in [0.2, 0.25) is 0 Å². The summed E-state index contributed by atoms with van der Waals surface area (Å²) in [6.45, 7) is 5.60. The predicted octanol–water partition coefficient (Wildman–Crippen LogP) is 0.496. The van der Waals surface area contributed by atoms with Crippen molar-refractivity contribution in [1.82, 2.24) is 0 Å². The number of carboxylic acid groups (broad SMARTS) is 1. The van der Waals surface area contributed by atoms with Crippen LogP contribution >= 0.6 is 0 Å². The molecule has 0 heterocycles. The van der Waals surface area contributed by atoms with Gasteiger partial charge in [-0.1, -0.05) is 0 Å². The number of carbonyl (C=O) groups excluding carboxylic acids is 2. The van der Waals surface area contributed by atoms with Crippen molar-refractivity contribution in [3.05, 3.63) is 0 Å². The Morgan fingerprint density at radius 3 is 2.36 bits per heavy atom. The number of hydrogen-bond donors (Lipinski definition) is 0. The minimum atomic E-state index is -1.08. The minimum absolute atomic E-state index is 0.0111. The number of ether oxygens (including phenoxy) is 1. The van der Waals surface area contributed by atoms with E-state index >= 15 is 0 Å². The molecule has 0 aromatic heterocycles. The Morgan fingerprint density at radius 1 is 1.36 bits per heavy atom. The van der Waals surface area contributed by atoms with Crippen LogP contribution in [0, 0.1) is 5.41 Å². The van der Waals surface area contributed by atoms with Crippen molar-refractivity contribution in [2.45, 2.75) is 40.0 Å². The van der Waals surface area contributed by atoms with Gasteiger partial charge in [0.05, 0.1) is 12.0 Å². The van der Waals surface area contributed by atoms with Crippen LogP contribution in [0.5, 0.6) is 0 Å². The Kier molecular flexibility index (Phi) is 5.20. The summed E-state index contributed by atoms with van der Waals surface area (Å²) in [6.07, 6.45) is 0.927. The molecule has 0 rings (SSSR count). The quantitative estimate of drug-likeness (QED) is 0.587. The predicted molar refractivity (Wildman–Crippen MR) is 49.3 cm³/mol. The second-order valence-corrected chi connectivity index (χ2v) is 3.83. The number of carboxylic acids is 1. The Labute approximate surface area is 84.3 Å². The molecule has 0 aliphatic carbocycles. The lowest BCUT2D eigenvalue weighted by Gasteiger charge is -2.21. The summed E-state index contributed by atoms with van der Waals surface area (Å²) < 4.78 is 4.86. The van der Waals surface area contributed by atoms with E-state index in [1.54, 1.807) is 20.8 Å². The first-order chi connectivity index (χ1) is 6.40. The van der Waals surface area contributed by atoms with Gasteiger partial charge in [0.25, 0.3) is 0 Å². The van der Waals surface area contributed by atoms with Crippen LogP contribution < -0.4 is 5.11 Å². The van der Waals surface area contributed by atoms with E-state index in [-0.39, 0.29) is 12.4 Å². The van der Waals surface area contributed by atoms with Crippen LogP contribution in [0.4, 0.5) is 0 Å². The molecule has 0 aliphatic rings. The van der Waals surface area contributed by atoms with E-state index in [0.29, 0.717) is 19.4 Å². The topological polar surface area (TPSA) is 66.4 Å². The Bertz CT molecular complexity index is 208. The maximum Gasteiger partial charge on any atom is 0.311 e. The summed E-state index contributed by atoms with van der Waals surface area (Å²) in [6, 6.07) is 0. The molecule has 0 amide bonds. The summed E-state index contributed by atoms with van der Waals surface area (Å²) in [5.74, 6) is -1.36. The maximum absolute atomic E-state index is 11.4. The van der Waals surface area contributed by atoms with E-state index in [2.05, 4.69) is 0 Å². The number of rotatable bonds is 6. The zero-order valence-corrected chi connectivity index (χ0v) is 8.96. The molecule has 0 bridgehead atoms. The van der Waals surface area contributed by atoms with Crippen molar-refractivity contribution in [2.24, 2.45) is 5.41 Å². The molecule has 0 radical (unpaired) electrons. The molecule has 0 spiro atoms. The van der Waals surface area contributed by atoms with Gasteiger partial charge in [0.15, 0.2) is 0 Å². The van der Waals surface area contributed by atoms with Gasteiger partial charge in [0.1, 0.15) is 0 Å². The van der Waals surface area contributed by atoms with E-state index in [1.165, 1.54) is 0 Å². The fraction of sp³-hybridized carbons (Fsp3) is 0.800. The lowest BCUT2D eigenvalue weighted by Crippen LogP contribution is -2.28. The molecule has 0 unspecified atom stereocenters. The van der Waals surface area contributed by atoms with Gasteiger partial charge >= 0.3 is 5.97 Å². The third-order valence-corrected chi connectivity index (χ3v) is 2.01. The maximum atomic E-state index is 11.4. The normalized spacial score (nSPS) is 11.1. The van der Waals surface area contributed by atoms with E-state index in [9.17, 15) is 14.7 Å². The molecule has 0 aliphatic heterocycles. The molecular formula is C10H17O4-. The van der Waals surface area contributed by atoms with Crippen LogP contribution in [0.3, 0.4) is 0 Å². The highest BCUT2D eigenvalue weighted by atomic mass is 16.5. The second-order valence-electron chi connectivity index (χ2n) is 3.83. The van der Waals surface area contributed by atoms with Crippen molar-refractivity contribution in [1.29, 1.82) is 0 Å². The van der Waals surface area contributed by atoms with Gasteiger partial charge in [-0.3, -0.25) is 4.79 Å². The van der Waals surface area contributed by atoms with Crippen molar-refractivity contribution >= 4 is 11.9 Å². The number of esters is 1. The van der Waals surface area contributed by atoms with Crippen LogP contribution in [-0.4, -0.2) is 18.5 Å². The van der Waals surface area contributed by atoms with E-state index < -0.39 is 11.4 Å². The second kappa shape index (κ2) is 5.62. The van der Waals surface area contributed by atoms with Crippen molar-refractivity contribution in [3.8, 4) is 0 Å². The van der Waals surface area contributed by atoms with Crippen LogP contribution in [0.15, 0.2) is 0 Å². The molecule has 14 heavy (non-hydrogen) atoms. The zero-order chi connectivity index (χ0) is 11.2. The molecule has 0 fully saturated rings. The lowest BCUT2D eigenvalue weighted by atomic mass is 9.87. The Balaban J connectivity index is 3.93. The molecule has 0 N–H and O–H groups in total. The number of aliphatic carboxylic acids is 1. The van der Waals surface area contributed by atoms with Crippen molar-refractivity contribution in [2.75, 3.05) is 6.61 Å². The van der Waals surface area contributed by atoms with Gasteiger partial charge in [-0.15, -0.1) is 0 Å². The van der Waals surface area contributed by atoms with Gasteiger partial charge in [-0.25, -0.2) is 0 Å². The summed E-state index contributed by atoms with van der Waals surface area (Å²) in [5.41, 5.74) is -0.606. The average molecular weight is 201 g/mol. The van der Waals surface area contributed by atoms with E-state index in [4.69, 9.17) is 4.74 Å². The third-order valence-electron chi connectivity index (χ3n) is 2.01. The van der Waals surface area contributed by atoms with Crippen molar-refractivity contribution < 1.29 is 19.4 Å². The van der Waals surface area contributed by atoms with Gasteiger partial charge in [-0.05, 0) is 40.0 Å². The molecule has 0 saturated carbocycles. The lowest BCUT2D eigenvalue weighted by molar-refractivity contribution is -0.305. The molecule has 82 valence electrons. The van der Waals surface area contributed by atoms with Crippen molar-refractivity contribution in [3.63, 3.8) is 0 Å². The smallest absolute Gasteiger partial charge is 0.311 e. The first-order valence-electron chi connectivity index (χ1n) is 4.77. The van der Waals surface area contributed by atoms with Crippen LogP contribution in [-0.2, 0) is 14.3 Å². The van der Waals surface area contributed by atoms with Gasteiger partial charge in [-0.2, -0.15) is 0 Å². The summed E-state index contributed by atoms with van der Waals surface area (Å²) in [4.78, 5) is 21.5. The van der Waals surface area contributed by atoms with Gasteiger partial charge in [0, 0.05) is 5.97 Å². The van der Waals surface area contributed by atoms with Crippen LogP contribution in [0.25, 0.3) is 0 Å².